The third-order valence-corrected chi connectivity index (χ3v) is 6.64. The monoisotopic (exact) mass is 462 g/mol. The number of aliphatic hydroxyl groups is 1. The Bertz CT molecular complexity index is 841. The van der Waals surface area contributed by atoms with Gasteiger partial charge in [-0.2, -0.15) is 0 Å². The lowest BCUT2D eigenvalue weighted by atomic mass is 10.0. The molecule has 1 amide bonds. The van der Waals surface area contributed by atoms with Crippen molar-refractivity contribution in [3.8, 4) is 5.75 Å². The van der Waals surface area contributed by atoms with Crippen LogP contribution in [0.15, 0.2) is 35.7 Å². The van der Waals surface area contributed by atoms with Crippen LogP contribution in [-0.4, -0.2) is 87.1 Å². The topological polar surface area (TPSA) is 71.5 Å². The number of thiophene rings is 1. The van der Waals surface area contributed by atoms with Crippen LogP contribution in [-0.2, 0) is 20.7 Å². The second kappa shape index (κ2) is 12.3. The van der Waals surface area contributed by atoms with Crippen molar-refractivity contribution >= 4 is 17.2 Å². The molecule has 32 heavy (non-hydrogen) atoms. The number of rotatable bonds is 12. The van der Waals surface area contributed by atoms with Crippen LogP contribution in [0.25, 0.3) is 0 Å². The van der Waals surface area contributed by atoms with Crippen molar-refractivity contribution in [3.63, 3.8) is 0 Å². The minimum Gasteiger partial charge on any atom is -0.491 e. The van der Waals surface area contributed by atoms with Crippen LogP contribution in [0.3, 0.4) is 0 Å². The van der Waals surface area contributed by atoms with E-state index >= 15 is 0 Å². The highest BCUT2D eigenvalue weighted by atomic mass is 32.1. The highest BCUT2D eigenvalue weighted by Gasteiger charge is 2.33. The predicted octanol–water partition coefficient (Wildman–Crippen LogP) is 2.52. The molecule has 176 valence electrons. The number of nitrogens with zero attached hydrogens (tertiary/aromatic N) is 2. The third kappa shape index (κ3) is 6.76. The first-order valence-electron chi connectivity index (χ1n) is 10.9. The lowest BCUT2D eigenvalue weighted by molar-refractivity contribution is -0.136. The Hall–Kier alpha value is -1.97. The minimum atomic E-state index is -0.657. The van der Waals surface area contributed by atoms with Crippen molar-refractivity contribution in [1.29, 1.82) is 0 Å². The number of benzene rings is 1. The van der Waals surface area contributed by atoms with Crippen LogP contribution in [0.5, 0.6) is 5.75 Å². The number of aryl methyl sites for hydroxylation is 1. The Labute approximate surface area is 194 Å². The van der Waals surface area contributed by atoms with Gasteiger partial charge in [0.25, 0.3) is 0 Å². The van der Waals surface area contributed by atoms with E-state index in [1.807, 2.05) is 41.0 Å². The summed E-state index contributed by atoms with van der Waals surface area (Å²) >= 11 is 1.74. The van der Waals surface area contributed by atoms with Crippen molar-refractivity contribution in [1.82, 2.24) is 9.80 Å². The average Bonchev–Trinajstić information content (AvgIpc) is 3.26. The molecule has 2 atom stereocenters. The highest BCUT2D eigenvalue weighted by Crippen LogP contribution is 2.34. The van der Waals surface area contributed by atoms with Gasteiger partial charge in [0.15, 0.2) is 0 Å². The number of aliphatic hydroxyl groups excluding tert-OH is 1. The molecular weight excluding hydrogens is 428 g/mol. The number of hydrogen-bond acceptors (Lipinski definition) is 7. The number of carbonyl (C=O) groups excluding carboxylic acids is 1. The molecule has 0 saturated heterocycles. The van der Waals surface area contributed by atoms with Crippen molar-refractivity contribution in [3.05, 3.63) is 51.7 Å². The maximum absolute atomic E-state index is 13.4. The summed E-state index contributed by atoms with van der Waals surface area (Å²) in [5.41, 5.74) is 2.35. The van der Waals surface area contributed by atoms with Crippen molar-refractivity contribution < 1.29 is 24.1 Å². The third-order valence-electron chi connectivity index (χ3n) is 5.64. The normalized spacial score (nSPS) is 16.8. The summed E-state index contributed by atoms with van der Waals surface area (Å²) in [7, 11) is 3.19. The van der Waals surface area contributed by atoms with Gasteiger partial charge in [-0.1, -0.05) is 17.7 Å². The van der Waals surface area contributed by atoms with Gasteiger partial charge in [0.2, 0.25) is 5.91 Å². The summed E-state index contributed by atoms with van der Waals surface area (Å²) in [6.07, 6.45) is 0.194. The SMILES string of the molecule is COCCN(CC(=O)N1CCc2sccc2C1COc1ccc(C)cc1)CC(O)COC. The zero-order valence-electron chi connectivity index (χ0n) is 19.2. The molecule has 7 nitrogen and oxygen atoms in total. The van der Waals surface area contributed by atoms with Crippen LogP contribution < -0.4 is 4.74 Å². The van der Waals surface area contributed by atoms with Gasteiger partial charge in [0.05, 0.1) is 31.9 Å². The van der Waals surface area contributed by atoms with E-state index in [1.165, 1.54) is 16.0 Å². The van der Waals surface area contributed by atoms with E-state index < -0.39 is 6.10 Å². The molecule has 1 aromatic carbocycles. The lowest BCUT2D eigenvalue weighted by Crippen LogP contribution is -2.48. The number of ether oxygens (including phenoxy) is 3. The number of hydrogen-bond donors (Lipinski definition) is 1. The molecular formula is C24H34N2O5S. The molecule has 0 spiro atoms. The maximum atomic E-state index is 13.4. The first-order chi connectivity index (χ1) is 15.5. The van der Waals surface area contributed by atoms with Crippen molar-refractivity contribution in [2.24, 2.45) is 0 Å². The van der Waals surface area contributed by atoms with Crippen LogP contribution >= 0.6 is 11.3 Å². The molecule has 3 rings (SSSR count). The smallest absolute Gasteiger partial charge is 0.237 e. The van der Waals surface area contributed by atoms with Crippen LogP contribution in [0, 0.1) is 6.92 Å². The highest BCUT2D eigenvalue weighted by molar-refractivity contribution is 7.10. The standard InChI is InChI=1S/C24H34N2O5S/c1-18-4-6-20(7-5-18)31-17-22-21-9-13-32-23(21)8-10-26(22)24(28)15-25(11-12-29-2)14-19(27)16-30-3/h4-7,9,13,19,22,27H,8,10-12,14-17H2,1-3H3. The molecule has 1 aliphatic rings. The average molecular weight is 463 g/mol. The zero-order valence-corrected chi connectivity index (χ0v) is 20.0. The van der Waals surface area contributed by atoms with Crippen LogP contribution in [0.2, 0.25) is 0 Å². The zero-order chi connectivity index (χ0) is 22.9. The largest absolute Gasteiger partial charge is 0.491 e. The molecule has 1 aromatic heterocycles. The van der Waals surface area contributed by atoms with Gasteiger partial charge >= 0.3 is 0 Å². The van der Waals surface area contributed by atoms with E-state index in [4.69, 9.17) is 14.2 Å². The first-order valence-corrected chi connectivity index (χ1v) is 11.8. The molecule has 2 unspecified atom stereocenters. The van der Waals surface area contributed by atoms with Crippen LogP contribution in [0.4, 0.5) is 0 Å². The summed E-state index contributed by atoms with van der Waals surface area (Å²) < 4.78 is 16.3. The molecule has 0 radical (unpaired) electrons. The fourth-order valence-corrected chi connectivity index (χ4v) is 4.89. The van der Waals surface area contributed by atoms with E-state index in [1.54, 1.807) is 25.6 Å². The fourth-order valence-electron chi connectivity index (χ4n) is 3.96. The van der Waals surface area contributed by atoms with Crippen molar-refractivity contribution in [2.75, 3.05) is 60.2 Å². The molecule has 0 fully saturated rings. The summed E-state index contributed by atoms with van der Waals surface area (Å²) in [6.45, 7) is 4.95. The van der Waals surface area contributed by atoms with Gasteiger partial charge in [0, 0.05) is 38.7 Å². The summed E-state index contributed by atoms with van der Waals surface area (Å²) in [6, 6.07) is 9.94. The summed E-state index contributed by atoms with van der Waals surface area (Å²) in [4.78, 5) is 18.6. The fraction of sp³-hybridized carbons (Fsp3) is 0.542. The lowest BCUT2D eigenvalue weighted by Gasteiger charge is -2.37. The molecule has 0 aliphatic carbocycles. The first kappa shape index (κ1) is 24.7. The predicted molar refractivity (Wildman–Crippen MR) is 125 cm³/mol. The van der Waals surface area contributed by atoms with E-state index in [2.05, 4.69) is 11.4 Å². The molecule has 8 heteroatoms. The minimum absolute atomic E-state index is 0.0278. The van der Waals surface area contributed by atoms with E-state index in [0.29, 0.717) is 32.8 Å². The molecule has 0 bridgehead atoms. The molecule has 1 aliphatic heterocycles. The maximum Gasteiger partial charge on any atom is 0.237 e. The Balaban J connectivity index is 1.70. The quantitative estimate of drug-likeness (QED) is 0.523. The number of methoxy groups -OCH3 is 2. The van der Waals surface area contributed by atoms with Gasteiger partial charge in [-0.25, -0.2) is 0 Å². The Morgan fingerprint density at radius 1 is 1.25 bits per heavy atom. The van der Waals surface area contributed by atoms with Crippen molar-refractivity contribution in [2.45, 2.75) is 25.5 Å². The summed E-state index contributed by atoms with van der Waals surface area (Å²) in [5.74, 6) is 0.829. The van der Waals surface area contributed by atoms with E-state index in [-0.39, 0.29) is 25.1 Å². The van der Waals surface area contributed by atoms with Gasteiger partial charge in [-0.15, -0.1) is 11.3 Å². The molecule has 2 heterocycles. The Morgan fingerprint density at radius 3 is 2.75 bits per heavy atom. The number of fused-ring (bicyclic) bond motifs is 1. The second-order valence-electron chi connectivity index (χ2n) is 8.11. The van der Waals surface area contributed by atoms with Gasteiger partial charge < -0.3 is 24.2 Å². The van der Waals surface area contributed by atoms with Gasteiger partial charge in [0.1, 0.15) is 12.4 Å². The molecule has 1 N–H and O–H groups in total. The number of amides is 1. The number of carbonyl (C=O) groups is 1. The Kier molecular flexibility index (Phi) is 9.50. The second-order valence-corrected chi connectivity index (χ2v) is 9.11. The summed E-state index contributed by atoms with van der Waals surface area (Å²) in [5, 5.41) is 12.3. The Morgan fingerprint density at radius 2 is 2.03 bits per heavy atom. The van der Waals surface area contributed by atoms with Gasteiger partial charge in [-0.05, 0) is 42.5 Å². The molecule has 0 saturated carbocycles. The van der Waals surface area contributed by atoms with Gasteiger partial charge in [-0.3, -0.25) is 9.69 Å². The van der Waals surface area contributed by atoms with E-state index in [9.17, 15) is 9.90 Å². The van der Waals surface area contributed by atoms with E-state index in [0.717, 1.165) is 12.2 Å². The molecule has 2 aromatic rings. The van der Waals surface area contributed by atoms with Crippen LogP contribution in [0.1, 0.15) is 22.0 Å².